The largest absolute Gasteiger partial charge is 0.375 e. The number of nitrogens with one attached hydrogen (secondary N) is 2. The average Bonchev–Trinajstić information content (AvgIpc) is 2.62. The van der Waals surface area contributed by atoms with Crippen molar-refractivity contribution in [2.45, 2.75) is 29.7 Å². The molecular formula is C18H21N3O2S. The maximum atomic E-state index is 12.3. The van der Waals surface area contributed by atoms with Crippen LogP contribution in [0.1, 0.15) is 12.5 Å². The summed E-state index contributed by atoms with van der Waals surface area (Å²) < 4.78 is 5.51. The van der Waals surface area contributed by atoms with Crippen LogP contribution >= 0.6 is 11.8 Å². The lowest BCUT2D eigenvalue weighted by Gasteiger charge is -2.29. The fourth-order valence-corrected chi connectivity index (χ4v) is 3.36. The number of hydrogen-bond donors (Lipinski definition) is 2. The van der Waals surface area contributed by atoms with E-state index in [2.05, 4.69) is 21.7 Å². The number of benzene rings is 1. The van der Waals surface area contributed by atoms with Crippen LogP contribution in [0, 0.1) is 0 Å². The number of ether oxygens (including phenoxy) is 1. The van der Waals surface area contributed by atoms with Crippen molar-refractivity contribution >= 4 is 23.4 Å². The molecule has 2 N–H and O–H groups in total. The standard InChI is InChI=1S/C18H21N3O2S/c1-13-17(20-9-10-23-13)18(22)21-15-4-6-16(7-5-15)24-12-14-3-2-8-19-11-14/h2-8,11,13,17,20H,9-10,12H2,1H3,(H,21,22)/t13-,17+/m1/s1. The van der Waals surface area contributed by atoms with Gasteiger partial charge in [-0.15, -0.1) is 11.8 Å². The third-order valence-electron chi connectivity index (χ3n) is 3.85. The number of rotatable bonds is 5. The predicted octanol–water partition coefficient (Wildman–Crippen LogP) is 2.69. The van der Waals surface area contributed by atoms with E-state index in [1.54, 1.807) is 18.0 Å². The maximum Gasteiger partial charge on any atom is 0.244 e. The molecule has 1 aromatic carbocycles. The van der Waals surface area contributed by atoms with Gasteiger partial charge in [0, 0.05) is 35.3 Å². The van der Waals surface area contributed by atoms with Crippen molar-refractivity contribution in [2.24, 2.45) is 0 Å². The molecule has 0 aliphatic carbocycles. The number of hydrogen-bond acceptors (Lipinski definition) is 5. The van der Waals surface area contributed by atoms with Gasteiger partial charge in [-0.25, -0.2) is 0 Å². The van der Waals surface area contributed by atoms with E-state index >= 15 is 0 Å². The Morgan fingerprint density at radius 2 is 2.21 bits per heavy atom. The third-order valence-corrected chi connectivity index (χ3v) is 4.93. The molecular weight excluding hydrogens is 322 g/mol. The molecule has 1 aliphatic heterocycles. The van der Waals surface area contributed by atoms with Crippen LogP contribution in [0.15, 0.2) is 53.7 Å². The van der Waals surface area contributed by atoms with Gasteiger partial charge in [-0.1, -0.05) is 6.07 Å². The Kier molecular flexibility index (Phi) is 5.85. The van der Waals surface area contributed by atoms with Crippen molar-refractivity contribution in [3.05, 3.63) is 54.4 Å². The first-order valence-electron chi connectivity index (χ1n) is 8.00. The highest BCUT2D eigenvalue weighted by Gasteiger charge is 2.28. The highest BCUT2D eigenvalue weighted by Crippen LogP contribution is 2.24. The zero-order valence-electron chi connectivity index (χ0n) is 13.6. The quantitative estimate of drug-likeness (QED) is 0.817. The Balaban J connectivity index is 1.53. The van der Waals surface area contributed by atoms with Gasteiger partial charge in [-0.05, 0) is 42.8 Å². The van der Waals surface area contributed by atoms with Crippen molar-refractivity contribution in [3.63, 3.8) is 0 Å². The predicted molar refractivity (Wildman–Crippen MR) is 96.1 cm³/mol. The van der Waals surface area contributed by atoms with Crippen molar-refractivity contribution in [3.8, 4) is 0 Å². The minimum Gasteiger partial charge on any atom is -0.375 e. The third kappa shape index (κ3) is 4.56. The summed E-state index contributed by atoms with van der Waals surface area (Å²) in [6, 6.07) is 11.6. The molecule has 0 unspecified atom stereocenters. The maximum absolute atomic E-state index is 12.3. The van der Waals surface area contributed by atoms with Crippen LogP contribution < -0.4 is 10.6 Å². The normalized spacial score (nSPS) is 20.5. The van der Waals surface area contributed by atoms with Crippen LogP contribution in [0.25, 0.3) is 0 Å². The number of anilines is 1. The fraction of sp³-hybridized carbons (Fsp3) is 0.333. The van der Waals surface area contributed by atoms with Crippen molar-refractivity contribution in [1.29, 1.82) is 0 Å². The number of amides is 1. The molecule has 0 radical (unpaired) electrons. The number of aromatic nitrogens is 1. The summed E-state index contributed by atoms with van der Waals surface area (Å²) in [5.41, 5.74) is 1.99. The van der Waals surface area contributed by atoms with Crippen molar-refractivity contribution in [1.82, 2.24) is 10.3 Å². The van der Waals surface area contributed by atoms with E-state index in [1.165, 1.54) is 5.56 Å². The zero-order chi connectivity index (χ0) is 16.8. The number of pyridine rings is 1. The molecule has 126 valence electrons. The van der Waals surface area contributed by atoms with E-state index in [0.717, 1.165) is 16.3 Å². The molecule has 2 atom stereocenters. The molecule has 0 bridgehead atoms. The van der Waals surface area contributed by atoms with Crippen molar-refractivity contribution < 1.29 is 9.53 Å². The Morgan fingerprint density at radius 1 is 1.38 bits per heavy atom. The summed E-state index contributed by atoms with van der Waals surface area (Å²) in [6.07, 6.45) is 3.54. The highest BCUT2D eigenvalue weighted by molar-refractivity contribution is 7.98. The van der Waals surface area contributed by atoms with E-state index in [9.17, 15) is 4.79 Å². The number of carbonyl (C=O) groups excluding carboxylic acids is 1. The molecule has 5 nitrogen and oxygen atoms in total. The van der Waals surface area contributed by atoms with Gasteiger partial charge in [0.1, 0.15) is 6.04 Å². The smallest absolute Gasteiger partial charge is 0.244 e. The SMILES string of the molecule is C[C@H]1OCCN[C@@H]1C(=O)Nc1ccc(SCc2cccnc2)cc1. The van der Waals surface area contributed by atoms with Crippen molar-refractivity contribution in [2.75, 3.05) is 18.5 Å². The van der Waals surface area contributed by atoms with Gasteiger partial charge in [0.2, 0.25) is 5.91 Å². The molecule has 1 fully saturated rings. The second-order valence-corrected chi connectivity index (χ2v) is 6.72. The van der Waals surface area contributed by atoms with Crippen LogP contribution in [0.3, 0.4) is 0 Å². The summed E-state index contributed by atoms with van der Waals surface area (Å²) in [7, 11) is 0. The monoisotopic (exact) mass is 343 g/mol. The van der Waals surface area contributed by atoms with Crippen LogP contribution in [0.2, 0.25) is 0 Å². The van der Waals surface area contributed by atoms with Crippen LogP contribution in [0.5, 0.6) is 0 Å². The number of carbonyl (C=O) groups is 1. The van der Waals surface area contributed by atoms with Gasteiger partial charge in [0.25, 0.3) is 0 Å². The summed E-state index contributed by atoms with van der Waals surface area (Å²) in [6.45, 7) is 3.26. The Labute approximate surface area is 146 Å². The Hall–Kier alpha value is -1.89. The molecule has 2 aromatic rings. The zero-order valence-corrected chi connectivity index (χ0v) is 14.4. The lowest BCUT2D eigenvalue weighted by molar-refractivity contribution is -0.123. The molecule has 6 heteroatoms. The molecule has 1 saturated heterocycles. The molecule has 1 amide bonds. The average molecular weight is 343 g/mol. The number of thioether (sulfide) groups is 1. The Bertz CT molecular complexity index is 664. The first-order chi connectivity index (χ1) is 11.7. The van der Waals surface area contributed by atoms with Gasteiger partial charge in [-0.2, -0.15) is 0 Å². The molecule has 3 rings (SSSR count). The summed E-state index contributed by atoms with van der Waals surface area (Å²) >= 11 is 1.74. The van der Waals surface area contributed by atoms with Crippen LogP contribution in [-0.4, -0.2) is 36.2 Å². The minimum atomic E-state index is -0.307. The van der Waals surface area contributed by atoms with Gasteiger partial charge in [-0.3, -0.25) is 9.78 Å². The van der Waals surface area contributed by atoms with E-state index in [4.69, 9.17) is 4.74 Å². The molecule has 0 saturated carbocycles. The summed E-state index contributed by atoms with van der Waals surface area (Å²) in [5.74, 6) is 0.818. The summed E-state index contributed by atoms with van der Waals surface area (Å²) in [5, 5.41) is 6.13. The van der Waals surface area contributed by atoms with Crippen LogP contribution in [0.4, 0.5) is 5.69 Å². The summed E-state index contributed by atoms with van der Waals surface area (Å²) in [4.78, 5) is 17.6. The van der Waals surface area contributed by atoms with Crippen LogP contribution in [-0.2, 0) is 15.3 Å². The number of morpholine rings is 1. The second-order valence-electron chi connectivity index (χ2n) is 5.67. The van der Waals surface area contributed by atoms with Gasteiger partial charge in [0.15, 0.2) is 0 Å². The molecule has 2 heterocycles. The van der Waals surface area contributed by atoms with E-state index < -0.39 is 0 Å². The van der Waals surface area contributed by atoms with E-state index in [-0.39, 0.29) is 18.1 Å². The molecule has 0 spiro atoms. The molecule has 1 aliphatic rings. The number of nitrogens with zero attached hydrogens (tertiary/aromatic N) is 1. The molecule has 24 heavy (non-hydrogen) atoms. The Morgan fingerprint density at radius 3 is 2.92 bits per heavy atom. The van der Waals surface area contributed by atoms with E-state index in [0.29, 0.717) is 13.2 Å². The molecule has 1 aromatic heterocycles. The van der Waals surface area contributed by atoms with E-state index in [1.807, 2.05) is 43.5 Å². The highest BCUT2D eigenvalue weighted by atomic mass is 32.2. The first kappa shape index (κ1) is 17.0. The fourth-order valence-electron chi connectivity index (χ4n) is 2.53. The lowest BCUT2D eigenvalue weighted by atomic mass is 10.1. The van der Waals surface area contributed by atoms with Gasteiger partial charge in [0.05, 0.1) is 12.7 Å². The first-order valence-corrected chi connectivity index (χ1v) is 8.98. The minimum absolute atomic E-state index is 0.0574. The topological polar surface area (TPSA) is 63.2 Å². The van der Waals surface area contributed by atoms with Gasteiger partial charge < -0.3 is 15.4 Å². The second kappa shape index (κ2) is 8.28. The lowest BCUT2D eigenvalue weighted by Crippen LogP contribution is -2.53. The van der Waals surface area contributed by atoms with Gasteiger partial charge >= 0.3 is 0 Å².